The summed E-state index contributed by atoms with van der Waals surface area (Å²) in [6.07, 6.45) is -0.335. The maximum atomic E-state index is 12.7. The standard InChI is InChI=1S/C11H21F3O/c1-9(2,8-12)10(3,4)15-7-6-11(5,13)14/h6-8H2,1-5H3. The highest BCUT2D eigenvalue weighted by atomic mass is 19.3. The van der Waals surface area contributed by atoms with Crippen LogP contribution in [0, 0.1) is 5.41 Å². The summed E-state index contributed by atoms with van der Waals surface area (Å²) in [5.74, 6) is -2.73. The van der Waals surface area contributed by atoms with Crippen LogP contribution in [0.2, 0.25) is 0 Å². The van der Waals surface area contributed by atoms with Crippen molar-refractivity contribution in [3.8, 4) is 0 Å². The highest BCUT2D eigenvalue weighted by Crippen LogP contribution is 2.34. The van der Waals surface area contributed by atoms with Crippen molar-refractivity contribution in [3.05, 3.63) is 0 Å². The Morgan fingerprint density at radius 1 is 1.00 bits per heavy atom. The fourth-order valence-corrected chi connectivity index (χ4v) is 0.842. The highest BCUT2D eigenvalue weighted by molar-refractivity contribution is 4.87. The maximum absolute atomic E-state index is 12.7. The largest absolute Gasteiger partial charge is 0.375 e. The summed E-state index contributed by atoms with van der Waals surface area (Å²) < 4.78 is 43.1. The van der Waals surface area contributed by atoms with Crippen LogP contribution in [0.5, 0.6) is 0 Å². The lowest BCUT2D eigenvalue weighted by molar-refractivity contribution is -0.122. The van der Waals surface area contributed by atoms with Crippen molar-refractivity contribution in [1.29, 1.82) is 0 Å². The Morgan fingerprint density at radius 2 is 1.47 bits per heavy atom. The van der Waals surface area contributed by atoms with Crippen LogP contribution in [0.15, 0.2) is 0 Å². The summed E-state index contributed by atoms with van der Waals surface area (Å²) >= 11 is 0. The first-order chi connectivity index (χ1) is 6.52. The van der Waals surface area contributed by atoms with Crippen LogP contribution >= 0.6 is 0 Å². The van der Waals surface area contributed by atoms with E-state index in [-0.39, 0.29) is 13.0 Å². The summed E-state index contributed by atoms with van der Waals surface area (Å²) in [6, 6.07) is 0. The average Bonchev–Trinajstić information content (AvgIpc) is 2.01. The van der Waals surface area contributed by atoms with Gasteiger partial charge in [0, 0.05) is 11.8 Å². The zero-order valence-corrected chi connectivity index (χ0v) is 10.2. The van der Waals surface area contributed by atoms with Crippen molar-refractivity contribution in [2.45, 2.75) is 52.6 Å². The Balaban J connectivity index is 4.17. The predicted molar refractivity (Wildman–Crippen MR) is 55.0 cm³/mol. The third kappa shape index (κ3) is 4.87. The molecule has 0 rings (SSSR count). The van der Waals surface area contributed by atoms with Gasteiger partial charge in [0.2, 0.25) is 5.92 Å². The minimum absolute atomic E-state index is 0.0556. The SMILES string of the molecule is CC(F)(F)CCOC(C)(C)C(C)(C)CF. The average molecular weight is 226 g/mol. The van der Waals surface area contributed by atoms with E-state index in [4.69, 9.17) is 4.74 Å². The van der Waals surface area contributed by atoms with E-state index < -0.39 is 23.6 Å². The number of halogens is 3. The molecular formula is C11H21F3O. The monoisotopic (exact) mass is 226 g/mol. The highest BCUT2D eigenvalue weighted by Gasteiger charge is 2.38. The van der Waals surface area contributed by atoms with Gasteiger partial charge in [0.25, 0.3) is 0 Å². The molecule has 0 N–H and O–H groups in total. The molecule has 0 aromatic heterocycles. The molecule has 0 spiro atoms. The molecule has 0 saturated carbocycles. The number of alkyl halides is 3. The van der Waals surface area contributed by atoms with E-state index >= 15 is 0 Å². The fraction of sp³-hybridized carbons (Fsp3) is 1.00. The molecule has 0 aliphatic heterocycles. The first kappa shape index (κ1) is 14.8. The molecule has 0 atom stereocenters. The van der Waals surface area contributed by atoms with Crippen LogP contribution in [0.3, 0.4) is 0 Å². The topological polar surface area (TPSA) is 9.23 Å². The molecule has 0 aliphatic carbocycles. The van der Waals surface area contributed by atoms with Gasteiger partial charge in [-0.25, -0.2) is 8.78 Å². The molecule has 0 unspecified atom stereocenters. The smallest absolute Gasteiger partial charge is 0.247 e. The summed E-state index contributed by atoms with van der Waals surface area (Å²) in [5, 5.41) is 0. The van der Waals surface area contributed by atoms with Crippen LogP contribution in [-0.4, -0.2) is 24.8 Å². The molecule has 0 fully saturated rings. The van der Waals surface area contributed by atoms with Crippen molar-refractivity contribution in [2.75, 3.05) is 13.3 Å². The summed E-state index contributed by atoms with van der Waals surface area (Å²) in [6.45, 7) is 7.14. The minimum atomic E-state index is -2.73. The van der Waals surface area contributed by atoms with E-state index in [1.807, 2.05) is 0 Å². The maximum Gasteiger partial charge on any atom is 0.247 e. The third-order valence-electron chi connectivity index (χ3n) is 2.97. The molecule has 0 aromatic carbocycles. The lowest BCUT2D eigenvalue weighted by Gasteiger charge is -2.39. The quantitative estimate of drug-likeness (QED) is 0.669. The molecule has 0 amide bonds. The van der Waals surface area contributed by atoms with E-state index in [1.165, 1.54) is 0 Å². The van der Waals surface area contributed by atoms with Gasteiger partial charge in [0.05, 0.1) is 18.9 Å². The van der Waals surface area contributed by atoms with E-state index in [0.29, 0.717) is 0 Å². The van der Waals surface area contributed by atoms with Gasteiger partial charge in [-0.15, -0.1) is 0 Å². The number of hydrogen-bond acceptors (Lipinski definition) is 1. The Kier molecular flexibility index (Phi) is 4.65. The molecule has 0 heterocycles. The molecule has 0 aliphatic rings. The number of rotatable bonds is 6. The molecular weight excluding hydrogens is 205 g/mol. The zero-order valence-electron chi connectivity index (χ0n) is 10.2. The van der Waals surface area contributed by atoms with Crippen molar-refractivity contribution in [3.63, 3.8) is 0 Å². The second-order valence-corrected chi connectivity index (χ2v) is 5.20. The molecule has 4 heteroatoms. The predicted octanol–water partition coefficient (Wildman–Crippen LogP) is 3.82. The Bertz CT molecular complexity index is 194. The van der Waals surface area contributed by atoms with Gasteiger partial charge in [0.15, 0.2) is 0 Å². The Hall–Kier alpha value is -0.250. The normalized spacial score (nSPS) is 14.4. The van der Waals surface area contributed by atoms with Gasteiger partial charge in [-0.05, 0) is 20.8 Å². The second kappa shape index (κ2) is 4.73. The summed E-state index contributed by atoms with van der Waals surface area (Å²) in [7, 11) is 0. The molecule has 1 nitrogen and oxygen atoms in total. The Morgan fingerprint density at radius 3 is 1.80 bits per heavy atom. The van der Waals surface area contributed by atoms with Gasteiger partial charge in [-0.2, -0.15) is 0 Å². The van der Waals surface area contributed by atoms with Crippen LogP contribution in [0.1, 0.15) is 41.0 Å². The van der Waals surface area contributed by atoms with Gasteiger partial charge >= 0.3 is 0 Å². The second-order valence-electron chi connectivity index (χ2n) is 5.20. The van der Waals surface area contributed by atoms with E-state index in [2.05, 4.69) is 0 Å². The van der Waals surface area contributed by atoms with Gasteiger partial charge in [-0.1, -0.05) is 13.8 Å². The summed E-state index contributed by atoms with van der Waals surface area (Å²) in [5.41, 5.74) is -1.41. The third-order valence-corrected chi connectivity index (χ3v) is 2.97. The van der Waals surface area contributed by atoms with E-state index in [1.54, 1.807) is 27.7 Å². The molecule has 0 bridgehead atoms. The zero-order chi connectivity index (χ0) is 12.3. The molecule has 15 heavy (non-hydrogen) atoms. The lowest BCUT2D eigenvalue weighted by Crippen LogP contribution is -2.43. The van der Waals surface area contributed by atoms with Crippen molar-refractivity contribution in [2.24, 2.45) is 5.41 Å². The van der Waals surface area contributed by atoms with E-state index in [0.717, 1.165) is 6.92 Å². The Labute approximate surface area is 90.0 Å². The van der Waals surface area contributed by atoms with Crippen molar-refractivity contribution >= 4 is 0 Å². The molecule has 92 valence electrons. The molecule has 0 aromatic rings. The lowest BCUT2D eigenvalue weighted by atomic mass is 9.78. The van der Waals surface area contributed by atoms with Crippen LogP contribution < -0.4 is 0 Å². The molecule has 0 radical (unpaired) electrons. The van der Waals surface area contributed by atoms with Crippen LogP contribution in [0.4, 0.5) is 13.2 Å². The van der Waals surface area contributed by atoms with Gasteiger partial charge in [-0.3, -0.25) is 4.39 Å². The summed E-state index contributed by atoms with van der Waals surface area (Å²) in [4.78, 5) is 0. The minimum Gasteiger partial charge on any atom is -0.375 e. The van der Waals surface area contributed by atoms with E-state index in [9.17, 15) is 13.2 Å². The van der Waals surface area contributed by atoms with Crippen molar-refractivity contribution in [1.82, 2.24) is 0 Å². The fourth-order valence-electron chi connectivity index (χ4n) is 0.842. The number of hydrogen-bond donors (Lipinski definition) is 0. The number of ether oxygens (including phenoxy) is 1. The molecule has 0 saturated heterocycles. The van der Waals surface area contributed by atoms with Crippen LogP contribution in [0.25, 0.3) is 0 Å². The first-order valence-corrected chi connectivity index (χ1v) is 5.10. The first-order valence-electron chi connectivity index (χ1n) is 5.10. The van der Waals surface area contributed by atoms with Crippen molar-refractivity contribution < 1.29 is 17.9 Å². The van der Waals surface area contributed by atoms with Crippen LogP contribution in [-0.2, 0) is 4.74 Å². The van der Waals surface area contributed by atoms with Gasteiger partial charge < -0.3 is 4.74 Å². The van der Waals surface area contributed by atoms with Gasteiger partial charge in [0.1, 0.15) is 0 Å².